The van der Waals surface area contributed by atoms with Gasteiger partial charge in [0.2, 0.25) is 5.91 Å². The highest BCUT2D eigenvalue weighted by Crippen LogP contribution is 2.10. The molecule has 0 aliphatic rings. The maximum Gasteiger partial charge on any atom is 0.327 e. The minimum absolute atomic E-state index is 0.102. The number of amides is 1. The van der Waals surface area contributed by atoms with Gasteiger partial charge < -0.3 is 15.5 Å². The van der Waals surface area contributed by atoms with Crippen molar-refractivity contribution in [2.75, 3.05) is 11.5 Å². The zero-order chi connectivity index (χ0) is 15.2. The fourth-order valence-corrected chi connectivity index (χ4v) is 1.86. The average Bonchev–Trinajstić information content (AvgIpc) is 2.25. The van der Waals surface area contributed by atoms with E-state index in [-0.39, 0.29) is 11.5 Å². The van der Waals surface area contributed by atoms with E-state index in [1.807, 2.05) is 5.32 Å². The highest BCUT2D eigenvalue weighted by molar-refractivity contribution is 7.99. The van der Waals surface area contributed by atoms with E-state index in [0.717, 1.165) is 11.8 Å². The molecular weight excluding hydrogens is 234 g/mol. The van der Waals surface area contributed by atoms with Gasteiger partial charge in [0.1, 0.15) is 6.04 Å². The van der Waals surface area contributed by atoms with Crippen molar-refractivity contribution in [1.29, 1.82) is 0 Å². The van der Waals surface area contributed by atoms with Crippen LogP contribution in [0.4, 0.5) is 0 Å². The van der Waals surface area contributed by atoms with Crippen LogP contribution >= 0.6 is 11.8 Å². The summed E-state index contributed by atoms with van der Waals surface area (Å²) < 4.78 is 20.5. The number of nitrogens with one attached hydrogen (secondary N) is 1. The van der Waals surface area contributed by atoms with Crippen LogP contribution < -0.4 is 5.32 Å². The van der Waals surface area contributed by atoms with E-state index < -0.39 is 36.7 Å². The first-order chi connectivity index (χ1) is 8.55. The number of hydrogen-bond acceptors (Lipinski definition) is 4. The Morgan fingerprint density at radius 2 is 1.94 bits per heavy atom. The van der Waals surface area contributed by atoms with Crippen LogP contribution in [0.5, 0.6) is 0 Å². The minimum Gasteiger partial charge on any atom is -0.481 e. The third kappa shape index (κ3) is 6.28. The molecule has 0 fully saturated rings. The zero-order valence-electron chi connectivity index (χ0n) is 11.6. The normalized spacial score (nSPS) is 17.4. The second kappa shape index (κ2) is 7.10. The predicted octanol–water partition coefficient (Wildman–Crippen LogP) is 0.0296. The Balaban J connectivity index is 4.33. The van der Waals surface area contributed by atoms with Gasteiger partial charge >= 0.3 is 11.9 Å². The molecule has 0 aromatic heterocycles. The Morgan fingerprint density at radius 3 is 2.38 bits per heavy atom. The molecule has 0 rings (SSSR count). The van der Waals surface area contributed by atoms with Crippen molar-refractivity contribution in [1.82, 2.24) is 5.32 Å². The number of hydrogen-bond donors (Lipinski definition) is 3. The smallest absolute Gasteiger partial charge is 0.327 e. The first kappa shape index (κ1) is 9.95. The summed E-state index contributed by atoms with van der Waals surface area (Å²) in [5.41, 5.74) is 0. The summed E-state index contributed by atoms with van der Waals surface area (Å²) in [5, 5.41) is 19.4. The molecular formula is C9H15NO5S. The number of thioether (sulfide) groups is 1. The molecule has 92 valence electrons. The van der Waals surface area contributed by atoms with Crippen molar-refractivity contribution < 1.29 is 28.7 Å². The molecule has 0 heterocycles. The Hall–Kier alpha value is -1.24. The summed E-state index contributed by atoms with van der Waals surface area (Å²) in [4.78, 5) is 32.5. The van der Waals surface area contributed by atoms with Crippen molar-refractivity contribution in [2.45, 2.75) is 19.8 Å². The number of carboxylic acids is 2. The van der Waals surface area contributed by atoms with Gasteiger partial charge in [-0.1, -0.05) is 6.92 Å². The Labute approximate surface area is 102 Å². The minimum atomic E-state index is -2.91. The molecule has 6 nitrogen and oxygen atoms in total. The largest absolute Gasteiger partial charge is 0.481 e. The van der Waals surface area contributed by atoms with E-state index in [2.05, 4.69) is 0 Å². The number of carbonyl (C=O) groups is 3. The summed E-state index contributed by atoms with van der Waals surface area (Å²) in [7, 11) is 0. The topological polar surface area (TPSA) is 104 Å². The van der Waals surface area contributed by atoms with Gasteiger partial charge in [-0.3, -0.25) is 9.59 Å². The van der Waals surface area contributed by atoms with Crippen LogP contribution in [0.3, 0.4) is 0 Å². The lowest BCUT2D eigenvalue weighted by Gasteiger charge is -2.13. The number of carbonyl (C=O) groups excluding carboxylic acids is 1. The van der Waals surface area contributed by atoms with E-state index in [0.29, 0.717) is 0 Å². The van der Waals surface area contributed by atoms with E-state index in [1.165, 1.54) is 6.92 Å². The molecule has 0 aliphatic heterocycles. The quantitative estimate of drug-likeness (QED) is 0.590. The highest BCUT2D eigenvalue weighted by atomic mass is 32.2. The SMILES string of the molecule is [2H]C([2H])([2H])C(=O)N[C@@H](CSCC(C)C(=O)O)C(=O)O. The lowest BCUT2D eigenvalue weighted by atomic mass is 10.2. The van der Waals surface area contributed by atoms with Crippen LogP contribution in [0, 0.1) is 5.92 Å². The maximum atomic E-state index is 11.1. The lowest BCUT2D eigenvalue weighted by Crippen LogP contribution is -2.41. The van der Waals surface area contributed by atoms with Gasteiger partial charge in [0.05, 0.1) is 5.92 Å². The Morgan fingerprint density at radius 1 is 1.31 bits per heavy atom. The molecule has 0 aliphatic carbocycles. The van der Waals surface area contributed by atoms with Crippen LogP contribution in [0.25, 0.3) is 0 Å². The fraction of sp³-hybridized carbons (Fsp3) is 0.667. The summed E-state index contributed by atoms with van der Waals surface area (Å²) in [6, 6.07) is -1.36. The number of carboxylic acid groups (broad SMARTS) is 2. The molecule has 2 atom stereocenters. The molecule has 0 aromatic carbocycles. The second-order valence-corrected chi connectivity index (χ2v) is 4.22. The van der Waals surface area contributed by atoms with E-state index in [1.54, 1.807) is 0 Å². The first-order valence-corrected chi connectivity index (χ1v) is 5.55. The predicted molar refractivity (Wildman–Crippen MR) is 59.4 cm³/mol. The van der Waals surface area contributed by atoms with Crippen molar-refractivity contribution in [3.05, 3.63) is 0 Å². The maximum absolute atomic E-state index is 11.1. The van der Waals surface area contributed by atoms with Crippen LogP contribution in [0.1, 0.15) is 17.9 Å². The molecule has 0 aromatic rings. The Kier molecular flexibility index (Phi) is 4.42. The molecule has 7 heteroatoms. The highest BCUT2D eigenvalue weighted by Gasteiger charge is 2.19. The molecule has 0 saturated carbocycles. The van der Waals surface area contributed by atoms with Gasteiger partial charge in [-0.05, 0) is 0 Å². The standard InChI is InChI=1S/C9H15NO5S/c1-5(8(12)13)3-16-4-7(9(14)15)10-6(2)11/h5,7H,3-4H2,1-2H3,(H,10,11)(H,12,13)(H,14,15)/t5?,7-/m0/s1/i2D3. The molecule has 3 N–H and O–H groups in total. The molecule has 16 heavy (non-hydrogen) atoms. The molecule has 0 radical (unpaired) electrons. The number of rotatable bonds is 7. The van der Waals surface area contributed by atoms with E-state index >= 15 is 0 Å². The van der Waals surface area contributed by atoms with E-state index in [4.69, 9.17) is 14.3 Å². The van der Waals surface area contributed by atoms with Gasteiger partial charge in [0.25, 0.3) is 0 Å². The van der Waals surface area contributed by atoms with Crippen LogP contribution in [-0.2, 0) is 14.4 Å². The van der Waals surface area contributed by atoms with E-state index in [9.17, 15) is 14.4 Å². The fourth-order valence-electron chi connectivity index (χ4n) is 0.767. The van der Waals surface area contributed by atoms with Crippen molar-refractivity contribution in [3.8, 4) is 0 Å². The van der Waals surface area contributed by atoms with Gasteiger partial charge in [0.15, 0.2) is 0 Å². The zero-order valence-corrected chi connectivity index (χ0v) is 9.41. The lowest BCUT2D eigenvalue weighted by molar-refractivity contribution is -0.141. The third-order valence-electron chi connectivity index (χ3n) is 1.68. The first-order valence-electron chi connectivity index (χ1n) is 5.90. The monoisotopic (exact) mass is 252 g/mol. The van der Waals surface area contributed by atoms with Crippen LogP contribution in [0.15, 0.2) is 0 Å². The number of aliphatic carboxylic acids is 2. The second-order valence-electron chi connectivity index (χ2n) is 3.14. The third-order valence-corrected chi connectivity index (χ3v) is 2.98. The van der Waals surface area contributed by atoms with Crippen LogP contribution in [0.2, 0.25) is 0 Å². The summed E-state index contributed by atoms with van der Waals surface area (Å²) >= 11 is 1.02. The van der Waals surface area contributed by atoms with Crippen molar-refractivity contribution in [2.24, 2.45) is 5.92 Å². The average molecular weight is 252 g/mol. The van der Waals surface area contributed by atoms with Gasteiger partial charge in [-0.25, -0.2) is 4.79 Å². The molecule has 0 saturated heterocycles. The summed E-state index contributed by atoms with van der Waals surface area (Å²) in [5.74, 6) is -4.30. The van der Waals surface area contributed by atoms with Crippen LogP contribution in [-0.4, -0.2) is 45.6 Å². The van der Waals surface area contributed by atoms with Gasteiger partial charge in [0, 0.05) is 22.5 Å². The molecule has 1 unspecified atom stereocenters. The Bertz CT molecular complexity index is 360. The van der Waals surface area contributed by atoms with Crippen molar-refractivity contribution in [3.63, 3.8) is 0 Å². The molecule has 0 spiro atoms. The molecule has 1 amide bonds. The van der Waals surface area contributed by atoms with Gasteiger partial charge in [-0.2, -0.15) is 11.8 Å². The summed E-state index contributed by atoms with van der Waals surface area (Å²) in [6.45, 7) is -1.45. The van der Waals surface area contributed by atoms with Crippen molar-refractivity contribution >= 4 is 29.6 Å². The van der Waals surface area contributed by atoms with Gasteiger partial charge in [-0.15, -0.1) is 0 Å². The summed E-state index contributed by atoms with van der Waals surface area (Å²) in [6.07, 6.45) is 0. The molecule has 0 bridgehead atoms.